The fraction of sp³-hybridized carbons (Fsp3) is 0.632. The van der Waals surface area contributed by atoms with Gasteiger partial charge in [-0.2, -0.15) is 0 Å². The summed E-state index contributed by atoms with van der Waals surface area (Å²) in [5.74, 6) is 0.624. The maximum atomic E-state index is 12.3. The monoisotopic (exact) mass is 415 g/mol. The van der Waals surface area contributed by atoms with Crippen LogP contribution < -0.4 is 10.6 Å². The van der Waals surface area contributed by atoms with Gasteiger partial charge in [-0.15, -0.1) is 0 Å². The number of hydrogen-bond acceptors (Lipinski definition) is 4. The Balaban J connectivity index is 1.69. The normalized spacial score (nSPS) is 20.0. The van der Waals surface area contributed by atoms with Gasteiger partial charge in [0.25, 0.3) is 5.91 Å². The number of pyridine rings is 1. The fourth-order valence-corrected chi connectivity index (χ4v) is 3.45. The molecule has 0 atom stereocenters. The Morgan fingerprint density at radius 1 is 1.11 bits per heavy atom. The summed E-state index contributed by atoms with van der Waals surface area (Å²) in [6.45, 7) is 6.76. The minimum Gasteiger partial charge on any atom is -0.444 e. The van der Waals surface area contributed by atoms with E-state index in [1.807, 2.05) is 20.8 Å². The Bertz CT molecular complexity index is 669. The molecular formula is C19H27Cl2N3O3. The number of amides is 2. The largest absolute Gasteiger partial charge is 0.444 e. The van der Waals surface area contributed by atoms with Crippen LogP contribution in [-0.4, -0.2) is 35.7 Å². The molecule has 2 rings (SSSR count). The average Bonchev–Trinajstić information content (AvgIpc) is 2.59. The first-order valence-corrected chi connectivity index (χ1v) is 9.95. The third-order valence-corrected chi connectivity index (χ3v) is 5.03. The number of ether oxygens (including phenoxy) is 1. The molecule has 2 amide bonds. The first-order chi connectivity index (χ1) is 12.6. The zero-order chi connectivity index (χ0) is 20.0. The number of nitrogens with one attached hydrogen (secondary N) is 2. The minimum atomic E-state index is -0.484. The van der Waals surface area contributed by atoms with Gasteiger partial charge in [0.05, 0.1) is 10.6 Å². The highest BCUT2D eigenvalue weighted by molar-refractivity contribution is 6.35. The molecule has 0 radical (unpaired) electrons. The van der Waals surface area contributed by atoms with Gasteiger partial charge >= 0.3 is 6.09 Å². The van der Waals surface area contributed by atoms with Gasteiger partial charge in [-0.1, -0.05) is 23.2 Å². The Labute approximate surface area is 170 Å². The molecule has 2 N–H and O–H groups in total. The molecule has 1 saturated carbocycles. The van der Waals surface area contributed by atoms with Crippen LogP contribution in [0.2, 0.25) is 10.2 Å². The van der Waals surface area contributed by atoms with Crippen LogP contribution >= 0.6 is 23.2 Å². The highest BCUT2D eigenvalue weighted by Crippen LogP contribution is 2.28. The molecule has 8 heteroatoms. The highest BCUT2D eigenvalue weighted by Gasteiger charge is 2.23. The first kappa shape index (κ1) is 21.8. The molecule has 150 valence electrons. The van der Waals surface area contributed by atoms with Crippen molar-refractivity contribution in [1.29, 1.82) is 0 Å². The standard InChI is InChI=1S/C19H27Cl2N3O3/c1-19(2,3)27-18(26)24-10-13-6-4-12(5-7-13)9-23-17(25)14-8-16(21)22-11-15(14)20/h8,11-13H,4-7,9-10H2,1-3H3,(H,23,25)(H,24,26). The quantitative estimate of drug-likeness (QED) is 0.695. The minimum absolute atomic E-state index is 0.238. The number of aromatic nitrogens is 1. The third kappa shape index (κ3) is 7.54. The fourth-order valence-electron chi connectivity index (χ4n) is 3.10. The van der Waals surface area contributed by atoms with Gasteiger partial charge in [-0.3, -0.25) is 4.79 Å². The first-order valence-electron chi connectivity index (χ1n) is 9.20. The van der Waals surface area contributed by atoms with E-state index >= 15 is 0 Å². The maximum Gasteiger partial charge on any atom is 0.407 e. The number of halogens is 2. The Morgan fingerprint density at radius 2 is 1.67 bits per heavy atom. The van der Waals surface area contributed by atoms with Crippen LogP contribution in [0.5, 0.6) is 0 Å². The molecule has 1 aliphatic carbocycles. The van der Waals surface area contributed by atoms with Crippen LogP contribution in [0.15, 0.2) is 12.3 Å². The summed E-state index contributed by atoms with van der Waals surface area (Å²) >= 11 is 11.8. The van der Waals surface area contributed by atoms with Crippen LogP contribution in [0.1, 0.15) is 56.8 Å². The van der Waals surface area contributed by atoms with E-state index in [1.54, 1.807) is 0 Å². The highest BCUT2D eigenvalue weighted by atomic mass is 35.5. The van der Waals surface area contributed by atoms with Crippen LogP contribution in [-0.2, 0) is 4.74 Å². The lowest BCUT2D eigenvalue weighted by Crippen LogP contribution is -2.37. The van der Waals surface area contributed by atoms with Gasteiger partial charge in [0, 0.05) is 19.3 Å². The van der Waals surface area contributed by atoms with Crippen molar-refractivity contribution in [2.45, 2.75) is 52.1 Å². The predicted molar refractivity (Wildman–Crippen MR) is 106 cm³/mol. The second kappa shape index (κ2) is 9.60. The lowest BCUT2D eigenvalue weighted by atomic mass is 9.82. The second-order valence-electron chi connectivity index (χ2n) is 7.97. The molecule has 1 aliphatic rings. The number of nitrogens with zero attached hydrogens (tertiary/aromatic N) is 1. The molecule has 6 nitrogen and oxygen atoms in total. The number of carbonyl (C=O) groups excluding carboxylic acids is 2. The SMILES string of the molecule is CC(C)(C)OC(=O)NCC1CCC(CNC(=O)c2cc(Cl)ncc2Cl)CC1. The summed E-state index contributed by atoms with van der Waals surface area (Å²) < 4.78 is 5.25. The van der Waals surface area contributed by atoms with Crippen LogP contribution in [0, 0.1) is 11.8 Å². The summed E-state index contributed by atoms with van der Waals surface area (Å²) in [4.78, 5) is 27.8. The number of rotatable bonds is 5. The van der Waals surface area contributed by atoms with Crippen molar-refractivity contribution in [2.75, 3.05) is 13.1 Å². The average molecular weight is 416 g/mol. The molecule has 27 heavy (non-hydrogen) atoms. The van der Waals surface area contributed by atoms with Crippen molar-refractivity contribution >= 4 is 35.2 Å². The molecule has 1 fully saturated rings. The molecule has 0 spiro atoms. The zero-order valence-corrected chi connectivity index (χ0v) is 17.5. The molecule has 1 aromatic heterocycles. The summed E-state index contributed by atoms with van der Waals surface area (Å²) in [6, 6.07) is 1.47. The van der Waals surface area contributed by atoms with Crippen molar-refractivity contribution < 1.29 is 14.3 Å². The van der Waals surface area contributed by atoms with E-state index in [9.17, 15) is 9.59 Å². The number of hydrogen-bond donors (Lipinski definition) is 2. The van der Waals surface area contributed by atoms with Crippen LogP contribution in [0.3, 0.4) is 0 Å². The third-order valence-electron chi connectivity index (χ3n) is 4.52. The summed E-state index contributed by atoms with van der Waals surface area (Å²) in [5.41, 5.74) is -0.145. The summed E-state index contributed by atoms with van der Waals surface area (Å²) in [6.07, 6.45) is 5.04. The number of alkyl carbamates (subject to hydrolysis) is 1. The van der Waals surface area contributed by atoms with Crippen molar-refractivity contribution in [3.63, 3.8) is 0 Å². The van der Waals surface area contributed by atoms with E-state index in [0.29, 0.717) is 30.5 Å². The van der Waals surface area contributed by atoms with E-state index in [-0.39, 0.29) is 22.2 Å². The van der Waals surface area contributed by atoms with Gasteiger partial charge in [-0.05, 0) is 64.4 Å². The number of carbonyl (C=O) groups is 2. The van der Waals surface area contributed by atoms with Crippen molar-refractivity contribution in [1.82, 2.24) is 15.6 Å². The summed E-state index contributed by atoms with van der Waals surface area (Å²) in [5, 5.41) is 6.30. The van der Waals surface area contributed by atoms with E-state index in [4.69, 9.17) is 27.9 Å². The summed E-state index contributed by atoms with van der Waals surface area (Å²) in [7, 11) is 0. The van der Waals surface area contributed by atoms with Crippen molar-refractivity contribution in [3.05, 3.63) is 28.0 Å². The predicted octanol–water partition coefficient (Wildman–Crippen LogP) is 4.45. The molecule has 1 aromatic rings. The molecular weight excluding hydrogens is 389 g/mol. The van der Waals surface area contributed by atoms with Gasteiger partial charge in [0.15, 0.2) is 0 Å². The smallest absolute Gasteiger partial charge is 0.407 e. The van der Waals surface area contributed by atoms with Crippen LogP contribution in [0.4, 0.5) is 4.79 Å². The molecule has 0 aliphatic heterocycles. The Hall–Kier alpha value is -1.53. The molecule has 1 heterocycles. The van der Waals surface area contributed by atoms with Gasteiger partial charge in [0.2, 0.25) is 0 Å². The van der Waals surface area contributed by atoms with Gasteiger partial charge < -0.3 is 15.4 Å². The molecule has 0 bridgehead atoms. The Morgan fingerprint density at radius 3 is 2.22 bits per heavy atom. The van der Waals surface area contributed by atoms with E-state index in [0.717, 1.165) is 25.7 Å². The second-order valence-corrected chi connectivity index (χ2v) is 8.76. The molecule has 0 aromatic carbocycles. The van der Waals surface area contributed by atoms with E-state index in [1.165, 1.54) is 12.3 Å². The van der Waals surface area contributed by atoms with Gasteiger partial charge in [-0.25, -0.2) is 9.78 Å². The maximum absolute atomic E-state index is 12.3. The Kier molecular flexibility index (Phi) is 7.74. The molecule has 0 saturated heterocycles. The van der Waals surface area contributed by atoms with Crippen molar-refractivity contribution in [3.8, 4) is 0 Å². The molecule has 0 unspecified atom stereocenters. The van der Waals surface area contributed by atoms with Gasteiger partial charge in [0.1, 0.15) is 10.8 Å². The topological polar surface area (TPSA) is 80.3 Å². The zero-order valence-electron chi connectivity index (χ0n) is 16.0. The van der Waals surface area contributed by atoms with Crippen molar-refractivity contribution in [2.24, 2.45) is 11.8 Å². The lowest BCUT2D eigenvalue weighted by Gasteiger charge is -2.29. The van der Waals surface area contributed by atoms with E-state index in [2.05, 4.69) is 15.6 Å². The van der Waals surface area contributed by atoms with Crippen LogP contribution in [0.25, 0.3) is 0 Å². The van der Waals surface area contributed by atoms with E-state index < -0.39 is 5.60 Å². The lowest BCUT2D eigenvalue weighted by molar-refractivity contribution is 0.0512.